The highest BCUT2D eigenvalue weighted by Crippen LogP contribution is 2.32. The molecule has 2 aromatic carbocycles. The second kappa shape index (κ2) is 8.12. The van der Waals surface area contributed by atoms with Gasteiger partial charge in [-0.1, -0.05) is 24.3 Å². The van der Waals surface area contributed by atoms with Crippen molar-refractivity contribution in [3.63, 3.8) is 0 Å². The van der Waals surface area contributed by atoms with Crippen LogP contribution in [-0.2, 0) is 21.0 Å². The number of rotatable bonds is 6. The summed E-state index contributed by atoms with van der Waals surface area (Å²) in [4.78, 5) is 17.5. The van der Waals surface area contributed by atoms with E-state index in [0.29, 0.717) is 23.7 Å². The van der Waals surface area contributed by atoms with Crippen molar-refractivity contribution in [3.05, 3.63) is 64.5 Å². The van der Waals surface area contributed by atoms with Crippen LogP contribution in [0.25, 0.3) is 11.3 Å². The molecule has 0 aliphatic heterocycles. The molecule has 0 saturated carbocycles. The minimum Gasteiger partial charge on any atom is -0.462 e. The van der Waals surface area contributed by atoms with Crippen LogP contribution >= 0.6 is 11.3 Å². The predicted octanol–water partition coefficient (Wildman–Crippen LogP) is 3.56. The number of nitrogen functional groups attached to an aromatic ring is 1. The van der Waals surface area contributed by atoms with E-state index < -0.39 is 9.84 Å². The second-order valence-electron chi connectivity index (χ2n) is 6.21. The molecule has 28 heavy (non-hydrogen) atoms. The quantitative estimate of drug-likeness (QED) is 0.617. The van der Waals surface area contributed by atoms with Gasteiger partial charge in [0.25, 0.3) is 0 Å². The molecule has 0 radical (unpaired) electrons. The monoisotopic (exact) mass is 416 g/mol. The first-order valence-electron chi connectivity index (χ1n) is 8.59. The highest BCUT2D eigenvalue weighted by molar-refractivity contribution is 7.90. The van der Waals surface area contributed by atoms with E-state index in [9.17, 15) is 13.2 Å². The van der Waals surface area contributed by atoms with Gasteiger partial charge < -0.3 is 10.5 Å². The van der Waals surface area contributed by atoms with E-state index in [1.54, 1.807) is 43.3 Å². The van der Waals surface area contributed by atoms with Crippen LogP contribution in [0.5, 0.6) is 0 Å². The zero-order valence-corrected chi connectivity index (χ0v) is 17.1. The number of ether oxygens (including phenoxy) is 1. The van der Waals surface area contributed by atoms with Gasteiger partial charge in [0.05, 0.1) is 22.8 Å². The summed E-state index contributed by atoms with van der Waals surface area (Å²) >= 11 is 1.39. The van der Waals surface area contributed by atoms with E-state index in [-0.39, 0.29) is 10.9 Å². The lowest BCUT2D eigenvalue weighted by atomic mass is 10.0. The van der Waals surface area contributed by atoms with Crippen LogP contribution in [0.4, 0.5) is 5.13 Å². The average Bonchev–Trinajstić information content (AvgIpc) is 3.02. The van der Waals surface area contributed by atoms with Crippen LogP contribution in [0.3, 0.4) is 0 Å². The Bertz CT molecular complexity index is 1090. The van der Waals surface area contributed by atoms with Crippen molar-refractivity contribution in [1.29, 1.82) is 0 Å². The van der Waals surface area contributed by atoms with Gasteiger partial charge >= 0.3 is 5.97 Å². The number of hydrogen-bond donors (Lipinski definition) is 1. The molecule has 0 saturated heterocycles. The molecule has 0 bridgehead atoms. The maximum Gasteiger partial charge on any atom is 0.338 e. The Morgan fingerprint density at radius 2 is 1.75 bits per heavy atom. The lowest BCUT2D eigenvalue weighted by molar-refractivity contribution is 0.0526. The molecule has 1 aromatic heterocycles. The van der Waals surface area contributed by atoms with Gasteiger partial charge in [-0.15, -0.1) is 11.3 Å². The number of nitrogens with zero attached hydrogens (tertiary/aromatic N) is 1. The average molecular weight is 417 g/mol. The minimum absolute atomic E-state index is 0.287. The SMILES string of the molecule is CCOC(=O)c1ccc(-c2nc(N)sc2Cc2ccc(S(C)(=O)=O)cc2)cc1. The third-order valence-corrected chi connectivity index (χ3v) is 6.11. The lowest BCUT2D eigenvalue weighted by Gasteiger charge is -2.06. The molecule has 8 heteroatoms. The van der Waals surface area contributed by atoms with E-state index in [0.717, 1.165) is 21.7 Å². The first kappa shape index (κ1) is 20.0. The van der Waals surface area contributed by atoms with Crippen LogP contribution in [0, 0.1) is 0 Å². The van der Waals surface area contributed by atoms with Gasteiger partial charge in [-0.2, -0.15) is 0 Å². The Balaban J connectivity index is 1.86. The molecule has 0 fully saturated rings. The van der Waals surface area contributed by atoms with Crippen molar-refractivity contribution in [1.82, 2.24) is 4.98 Å². The summed E-state index contributed by atoms with van der Waals surface area (Å²) in [6.45, 7) is 2.09. The largest absolute Gasteiger partial charge is 0.462 e. The molecule has 0 aliphatic rings. The molecule has 3 rings (SSSR count). The summed E-state index contributed by atoms with van der Waals surface area (Å²) in [7, 11) is -3.22. The van der Waals surface area contributed by atoms with Crippen LogP contribution in [0.15, 0.2) is 53.4 Å². The summed E-state index contributed by atoms with van der Waals surface area (Å²) in [5, 5.41) is 0.451. The zero-order valence-electron chi connectivity index (χ0n) is 15.5. The molecule has 6 nitrogen and oxygen atoms in total. The standard InChI is InChI=1S/C20H20N2O4S2/c1-3-26-19(23)15-8-6-14(7-9-15)18-17(27-20(21)22-18)12-13-4-10-16(11-5-13)28(2,24)25/h4-11H,3,12H2,1-2H3,(H2,21,22). The van der Waals surface area contributed by atoms with E-state index in [1.165, 1.54) is 17.6 Å². The summed E-state index contributed by atoms with van der Waals surface area (Å²) in [6.07, 6.45) is 1.76. The first-order valence-corrected chi connectivity index (χ1v) is 11.3. The number of aromatic nitrogens is 1. The molecule has 0 aliphatic carbocycles. The van der Waals surface area contributed by atoms with E-state index in [2.05, 4.69) is 4.98 Å². The van der Waals surface area contributed by atoms with Crippen molar-refractivity contribution < 1.29 is 17.9 Å². The van der Waals surface area contributed by atoms with Crippen molar-refractivity contribution >= 4 is 32.3 Å². The van der Waals surface area contributed by atoms with Crippen LogP contribution < -0.4 is 5.73 Å². The second-order valence-corrected chi connectivity index (χ2v) is 9.35. The van der Waals surface area contributed by atoms with Gasteiger partial charge in [0.1, 0.15) is 0 Å². The maximum atomic E-state index is 11.8. The normalized spacial score (nSPS) is 11.4. The number of benzene rings is 2. The van der Waals surface area contributed by atoms with E-state index in [1.807, 2.05) is 12.1 Å². The minimum atomic E-state index is -3.22. The molecule has 0 amide bonds. The van der Waals surface area contributed by atoms with Crippen molar-refractivity contribution in [2.75, 3.05) is 18.6 Å². The van der Waals surface area contributed by atoms with Gasteiger partial charge in [-0.3, -0.25) is 0 Å². The smallest absolute Gasteiger partial charge is 0.338 e. The van der Waals surface area contributed by atoms with E-state index in [4.69, 9.17) is 10.5 Å². The lowest BCUT2D eigenvalue weighted by Crippen LogP contribution is -2.04. The van der Waals surface area contributed by atoms with Crippen LogP contribution in [0.2, 0.25) is 0 Å². The number of carbonyl (C=O) groups is 1. The predicted molar refractivity (Wildman–Crippen MR) is 110 cm³/mol. The van der Waals surface area contributed by atoms with Gasteiger partial charge in [0.15, 0.2) is 15.0 Å². The summed E-state index contributed by atoms with van der Waals surface area (Å²) in [6, 6.07) is 13.8. The summed E-state index contributed by atoms with van der Waals surface area (Å²) in [5.41, 5.74) is 8.97. The van der Waals surface area contributed by atoms with Gasteiger partial charge in [0.2, 0.25) is 0 Å². The fraction of sp³-hybridized carbons (Fsp3) is 0.200. The molecule has 0 unspecified atom stereocenters. The van der Waals surface area contributed by atoms with Crippen molar-refractivity contribution in [2.45, 2.75) is 18.2 Å². The molecule has 0 spiro atoms. The molecular formula is C20H20N2O4S2. The Labute approximate surface area is 167 Å². The molecule has 0 atom stereocenters. The third-order valence-electron chi connectivity index (χ3n) is 4.10. The van der Waals surface area contributed by atoms with Crippen LogP contribution in [-0.4, -0.2) is 32.2 Å². The first-order chi connectivity index (χ1) is 13.3. The van der Waals surface area contributed by atoms with Crippen molar-refractivity contribution in [2.24, 2.45) is 0 Å². The Kier molecular flexibility index (Phi) is 5.81. The van der Waals surface area contributed by atoms with E-state index >= 15 is 0 Å². The fourth-order valence-electron chi connectivity index (χ4n) is 2.73. The van der Waals surface area contributed by atoms with Crippen LogP contribution in [0.1, 0.15) is 27.7 Å². The molecular weight excluding hydrogens is 396 g/mol. The third kappa shape index (κ3) is 4.58. The number of thiazole rings is 1. The topological polar surface area (TPSA) is 99.3 Å². The molecule has 146 valence electrons. The molecule has 2 N–H and O–H groups in total. The number of nitrogens with two attached hydrogens (primary N) is 1. The number of esters is 1. The maximum absolute atomic E-state index is 11.8. The zero-order chi connectivity index (χ0) is 20.3. The Hall–Kier alpha value is -2.71. The van der Waals surface area contributed by atoms with Gasteiger partial charge in [0, 0.05) is 23.1 Å². The Morgan fingerprint density at radius 3 is 2.32 bits per heavy atom. The molecule has 3 aromatic rings. The molecule has 1 heterocycles. The Morgan fingerprint density at radius 1 is 1.11 bits per heavy atom. The number of sulfone groups is 1. The summed E-state index contributed by atoms with van der Waals surface area (Å²) in [5.74, 6) is -0.363. The number of hydrogen-bond acceptors (Lipinski definition) is 7. The van der Waals surface area contributed by atoms with Gasteiger partial charge in [-0.05, 0) is 36.8 Å². The van der Waals surface area contributed by atoms with Crippen molar-refractivity contribution in [3.8, 4) is 11.3 Å². The number of carbonyl (C=O) groups excluding carboxylic acids is 1. The highest BCUT2D eigenvalue weighted by atomic mass is 32.2. The summed E-state index contributed by atoms with van der Waals surface area (Å²) < 4.78 is 28.2. The fourth-order valence-corrected chi connectivity index (χ4v) is 4.25. The highest BCUT2D eigenvalue weighted by Gasteiger charge is 2.14. The van der Waals surface area contributed by atoms with Gasteiger partial charge in [-0.25, -0.2) is 18.2 Å². The number of anilines is 1.